The number of nitrogens with two attached hydrogens (primary N) is 1. The van der Waals surface area contributed by atoms with Gasteiger partial charge in [-0.1, -0.05) is 22.0 Å². The van der Waals surface area contributed by atoms with Crippen LogP contribution in [0, 0.1) is 6.92 Å². The molecule has 0 saturated carbocycles. The van der Waals surface area contributed by atoms with Gasteiger partial charge in [0.1, 0.15) is 0 Å². The van der Waals surface area contributed by atoms with Gasteiger partial charge < -0.3 is 10.6 Å². The number of rotatable bonds is 1. The van der Waals surface area contributed by atoms with E-state index in [-0.39, 0.29) is 11.9 Å². The van der Waals surface area contributed by atoms with Crippen LogP contribution in [0.4, 0.5) is 0 Å². The van der Waals surface area contributed by atoms with Crippen molar-refractivity contribution in [3.63, 3.8) is 0 Å². The summed E-state index contributed by atoms with van der Waals surface area (Å²) in [6.07, 6.45) is 1.80. The molecule has 0 radical (unpaired) electrons. The zero-order chi connectivity index (χ0) is 12.4. The van der Waals surface area contributed by atoms with Crippen LogP contribution in [0.2, 0.25) is 0 Å². The van der Waals surface area contributed by atoms with E-state index in [1.165, 1.54) is 0 Å². The van der Waals surface area contributed by atoms with Crippen LogP contribution in [-0.2, 0) is 0 Å². The van der Waals surface area contributed by atoms with Gasteiger partial charge in [0.25, 0.3) is 5.91 Å². The maximum atomic E-state index is 12.3. The SMILES string of the molecule is Cc1ccc(Br)cc1C(=O)N1CCC(N)CC1. The minimum Gasteiger partial charge on any atom is -0.339 e. The molecule has 0 unspecified atom stereocenters. The maximum absolute atomic E-state index is 12.3. The average Bonchev–Trinajstić information content (AvgIpc) is 2.32. The summed E-state index contributed by atoms with van der Waals surface area (Å²) >= 11 is 3.41. The number of hydrogen-bond acceptors (Lipinski definition) is 2. The molecule has 1 fully saturated rings. The predicted octanol–water partition coefficient (Wildman–Crippen LogP) is 2.32. The monoisotopic (exact) mass is 296 g/mol. The second-order valence-corrected chi connectivity index (χ2v) is 5.50. The molecule has 1 heterocycles. The Labute approximate surface area is 110 Å². The van der Waals surface area contributed by atoms with Crippen LogP contribution >= 0.6 is 15.9 Å². The Morgan fingerprint density at radius 1 is 1.41 bits per heavy atom. The standard InChI is InChI=1S/C13H17BrN2O/c1-9-2-3-10(14)8-12(9)13(17)16-6-4-11(15)5-7-16/h2-3,8,11H,4-7,15H2,1H3. The van der Waals surface area contributed by atoms with E-state index in [1.54, 1.807) is 0 Å². The summed E-state index contributed by atoms with van der Waals surface area (Å²) in [7, 11) is 0. The molecule has 2 N–H and O–H groups in total. The van der Waals surface area contributed by atoms with Crippen LogP contribution in [0.25, 0.3) is 0 Å². The Morgan fingerprint density at radius 3 is 2.71 bits per heavy atom. The highest BCUT2D eigenvalue weighted by Gasteiger charge is 2.22. The molecule has 1 aliphatic heterocycles. The number of likely N-dealkylation sites (tertiary alicyclic amines) is 1. The minimum absolute atomic E-state index is 0.121. The fourth-order valence-electron chi connectivity index (χ4n) is 2.10. The molecule has 3 nitrogen and oxygen atoms in total. The number of benzene rings is 1. The van der Waals surface area contributed by atoms with Crippen LogP contribution < -0.4 is 5.73 Å². The topological polar surface area (TPSA) is 46.3 Å². The number of carbonyl (C=O) groups is 1. The van der Waals surface area contributed by atoms with Crippen molar-refractivity contribution in [3.8, 4) is 0 Å². The number of piperidine rings is 1. The van der Waals surface area contributed by atoms with Gasteiger partial charge in [0.2, 0.25) is 0 Å². The van der Waals surface area contributed by atoms with Crippen molar-refractivity contribution in [2.45, 2.75) is 25.8 Å². The molecule has 0 atom stereocenters. The summed E-state index contributed by atoms with van der Waals surface area (Å²) in [5.74, 6) is 0.121. The fourth-order valence-corrected chi connectivity index (χ4v) is 2.46. The summed E-state index contributed by atoms with van der Waals surface area (Å²) < 4.78 is 0.945. The first-order valence-electron chi connectivity index (χ1n) is 5.89. The van der Waals surface area contributed by atoms with E-state index in [0.717, 1.165) is 41.5 Å². The number of nitrogens with zero attached hydrogens (tertiary/aromatic N) is 1. The summed E-state index contributed by atoms with van der Waals surface area (Å²) in [5.41, 5.74) is 7.65. The van der Waals surface area contributed by atoms with E-state index < -0.39 is 0 Å². The summed E-state index contributed by atoms with van der Waals surface area (Å²) in [4.78, 5) is 14.2. The molecule has 1 aromatic rings. The number of amides is 1. The van der Waals surface area contributed by atoms with Gasteiger partial charge in [-0.05, 0) is 37.5 Å². The normalized spacial score (nSPS) is 17.2. The van der Waals surface area contributed by atoms with Crippen molar-refractivity contribution in [2.75, 3.05) is 13.1 Å². The number of carbonyl (C=O) groups excluding carboxylic acids is 1. The average molecular weight is 297 g/mol. The summed E-state index contributed by atoms with van der Waals surface area (Å²) in [5, 5.41) is 0. The van der Waals surface area contributed by atoms with E-state index >= 15 is 0 Å². The molecule has 1 aliphatic rings. The minimum atomic E-state index is 0.121. The largest absolute Gasteiger partial charge is 0.339 e. The van der Waals surface area contributed by atoms with Gasteiger partial charge >= 0.3 is 0 Å². The van der Waals surface area contributed by atoms with Gasteiger partial charge in [-0.3, -0.25) is 4.79 Å². The first-order chi connectivity index (χ1) is 8.08. The van der Waals surface area contributed by atoms with E-state index in [4.69, 9.17) is 5.73 Å². The molecule has 1 saturated heterocycles. The van der Waals surface area contributed by atoms with Gasteiger partial charge in [-0.15, -0.1) is 0 Å². The highest BCUT2D eigenvalue weighted by Crippen LogP contribution is 2.19. The highest BCUT2D eigenvalue weighted by atomic mass is 79.9. The first kappa shape index (κ1) is 12.6. The molecule has 0 bridgehead atoms. The number of hydrogen-bond donors (Lipinski definition) is 1. The van der Waals surface area contributed by atoms with Gasteiger partial charge in [-0.2, -0.15) is 0 Å². The highest BCUT2D eigenvalue weighted by molar-refractivity contribution is 9.10. The third-order valence-electron chi connectivity index (χ3n) is 3.26. The lowest BCUT2D eigenvalue weighted by Crippen LogP contribution is -2.43. The second-order valence-electron chi connectivity index (χ2n) is 4.59. The Kier molecular flexibility index (Phi) is 3.84. The molecular formula is C13H17BrN2O. The second kappa shape index (κ2) is 5.19. The molecule has 1 amide bonds. The first-order valence-corrected chi connectivity index (χ1v) is 6.68. The lowest BCUT2D eigenvalue weighted by atomic mass is 10.0. The Bertz CT molecular complexity index is 425. The molecule has 92 valence electrons. The lowest BCUT2D eigenvalue weighted by Gasteiger charge is -2.30. The lowest BCUT2D eigenvalue weighted by molar-refractivity contribution is 0.0714. The van der Waals surface area contributed by atoms with Crippen molar-refractivity contribution in [1.82, 2.24) is 4.90 Å². The van der Waals surface area contributed by atoms with Crippen molar-refractivity contribution in [2.24, 2.45) is 5.73 Å². The quantitative estimate of drug-likeness (QED) is 0.864. The molecule has 0 spiro atoms. The zero-order valence-electron chi connectivity index (χ0n) is 9.95. The zero-order valence-corrected chi connectivity index (χ0v) is 11.5. The fraction of sp³-hybridized carbons (Fsp3) is 0.462. The molecule has 0 aliphatic carbocycles. The maximum Gasteiger partial charge on any atom is 0.254 e. The van der Waals surface area contributed by atoms with Crippen LogP contribution in [0.3, 0.4) is 0 Å². The summed E-state index contributed by atoms with van der Waals surface area (Å²) in [6, 6.07) is 6.07. The van der Waals surface area contributed by atoms with E-state index in [9.17, 15) is 4.79 Å². The van der Waals surface area contributed by atoms with Crippen molar-refractivity contribution < 1.29 is 4.79 Å². The smallest absolute Gasteiger partial charge is 0.254 e. The Morgan fingerprint density at radius 2 is 2.06 bits per heavy atom. The van der Waals surface area contributed by atoms with Crippen molar-refractivity contribution in [3.05, 3.63) is 33.8 Å². The van der Waals surface area contributed by atoms with Crippen LogP contribution in [0.1, 0.15) is 28.8 Å². The van der Waals surface area contributed by atoms with Crippen LogP contribution in [0.5, 0.6) is 0 Å². The number of halogens is 1. The van der Waals surface area contributed by atoms with Gasteiger partial charge in [-0.25, -0.2) is 0 Å². The third kappa shape index (κ3) is 2.87. The molecule has 0 aromatic heterocycles. The van der Waals surface area contributed by atoms with E-state index in [2.05, 4.69) is 15.9 Å². The molecule has 2 rings (SSSR count). The van der Waals surface area contributed by atoms with Crippen LogP contribution in [0.15, 0.2) is 22.7 Å². The van der Waals surface area contributed by atoms with E-state index in [1.807, 2.05) is 30.0 Å². The van der Waals surface area contributed by atoms with Crippen molar-refractivity contribution in [1.29, 1.82) is 0 Å². The molecule has 17 heavy (non-hydrogen) atoms. The van der Waals surface area contributed by atoms with Gasteiger partial charge in [0, 0.05) is 29.2 Å². The third-order valence-corrected chi connectivity index (χ3v) is 3.75. The molecule has 4 heteroatoms. The van der Waals surface area contributed by atoms with Crippen molar-refractivity contribution >= 4 is 21.8 Å². The number of aryl methyl sites for hydroxylation is 1. The Balaban J connectivity index is 2.16. The van der Waals surface area contributed by atoms with Gasteiger partial charge in [0.15, 0.2) is 0 Å². The van der Waals surface area contributed by atoms with Gasteiger partial charge in [0.05, 0.1) is 0 Å². The summed E-state index contributed by atoms with van der Waals surface area (Å²) in [6.45, 7) is 3.51. The van der Waals surface area contributed by atoms with E-state index in [0.29, 0.717) is 0 Å². The Hall–Kier alpha value is -0.870. The van der Waals surface area contributed by atoms with Crippen LogP contribution in [-0.4, -0.2) is 29.9 Å². The molecular weight excluding hydrogens is 280 g/mol. The predicted molar refractivity (Wildman–Crippen MR) is 72.0 cm³/mol. The molecule has 1 aromatic carbocycles.